The molecule has 0 atom stereocenters. The van der Waals surface area contributed by atoms with E-state index in [2.05, 4.69) is 0 Å². The van der Waals surface area contributed by atoms with E-state index in [1.54, 1.807) is 0 Å². The lowest BCUT2D eigenvalue weighted by Crippen LogP contribution is -2.20. The molecule has 0 heterocycles. The second kappa shape index (κ2) is 8.83. The molecule has 3 aromatic carbocycles. The van der Waals surface area contributed by atoms with Gasteiger partial charge in [-0.3, -0.25) is 0 Å². The Morgan fingerprint density at radius 3 is 1.81 bits per heavy atom. The number of anilines is 3. The number of hydrogen-bond acceptors (Lipinski definition) is 4. The van der Waals surface area contributed by atoms with Gasteiger partial charge in [0.15, 0.2) is 0 Å². The summed E-state index contributed by atoms with van der Waals surface area (Å²) in [6.07, 6.45) is 1.86. The normalized spacial score (nSPS) is 10.8. The number of aliphatic hydroxyl groups excluding tert-OH is 1. The van der Waals surface area contributed by atoms with E-state index in [0.29, 0.717) is 6.54 Å². The number of likely N-dealkylation sites (N-methyl/N-ethyl adjacent to an activating group) is 1. The van der Waals surface area contributed by atoms with Crippen molar-refractivity contribution in [2.24, 2.45) is 5.10 Å². The fourth-order valence-corrected chi connectivity index (χ4v) is 2.64. The van der Waals surface area contributed by atoms with Crippen molar-refractivity contribution in [3.05, 3.63) is 90.5 Å². The van der Waals surface area contributed by atoms with E-state index in [0.717, 1.165) is 22.6 Å². The standard InChI is InChI=1S/C22H23N3O/c1-24(16-17-26)20-14-12-19(13-15-20)18-23-25(21-8-4-2-5-9-21)22-10-6-3-7-11-22/h2-15,18,26H,16-17H2,1H3/b23-18-. The number of nitrogens with zero attached hydrogens (tertiary/aromatic N) is 3. The van der Waals surface area contributed by atoms with Gasteiger partial charge in [0.25, 0.3) is 0 Å². The van der Waals surface area contributed by atoms with Gasteiger partial charge in [-0.1, -0.05) is 48.5 Å². The molecule has 0 radical (unpaired) electrons. The molecule has 132 valence electrons. The van der Waals surface area contributed by atoms with E-state index in [1.165, 1.54) is 0 Å². The first kappa shape index (κ1) is 17.7. The minimum atomic E-state index is 0.142. The van der Waals surface area contributed by atoms with Crippen LogP contribution in [0.1, 0.15) is 5.56 Å². The number of hydrogen-bond donors (Lipinski definition) is 1. The third kappa shape index (κ3) is 4.49. The van der Waals surface area contributed by atoms with Crippen LogP contribution in [0.15, 0.2) is 90.0 Å². The fraction of sp³-hybridized carbons (Fsp3) is 0.136. The third-order valence-corrected chi connectivity index (χ3v) is 4.09. The summed E-state index contributed by atoms with van der Waals surface area (Å²) in [5.41, 5.74) is 4.10. The maximum absolute atomic E-state index is 9.05. The summed E-state index contributed by atoms with van der Waals surface area (Å²) in [4.78, 5) is 2.02. The van der Waals surface area contributed by atoms with E-state index < -0.39 is 0 Å². The van der Waals surface area contributed by atoms with Gasteiger partial charge in [0.05, 0.1) is 24.2 Å². The third-order valence-electron chi connectivity index (χ3n) is 4.09. The van der Waals surface area contributed by atoms with Crippen molar-refractivity contribution in [1.29, 1.82) is 0 Å². The average Bonchev–Trinajstić information content (AvgIpc) is 2.70. The minimum Gasteiger partial charge on any atom is -0.395 e. The van der Waals surface area contributed by atoms with Crippen LogP contribution < -0.4 is 9.91 Å². The Labute approximate surface area is 154 Å². The van der Waals surface area contributed by atoms with Gasteiger partial charge in [0.1, 0.15) is 0 Å². The van der Waals surface area contributed by atoms with Crippen LogP contribution in [-0.4, -0.2) is 31.5 Å². The zero-order chi connectivity index (χ0) is 18.2. The van der Waals surface area contributed by atoms with Crippen LogP contribution in [0.3, 0.4) is 0 Å². The molecule has 0 spiro atoms. The molecule has 0 bridgehead atoms. The van der Waals surface area contributed by atoms with E-state index in [4.69, 9.17) is 10.2 Å². The average molecular weight is 345 g/mol. The zero-order valence-corrected chi connectivity index (χ0v) is 14.9. The number of aliphatic hydroxyl groups is 1. The highest BCUT2D eigenvalue weighted by Crippen LogP contribution is 2.25. The van der Waals surface area contributed by atoms with Crippen LogP contribution in [-0.2, 0) is 0 Å². The molecule has 0 aliphatic carbocycles. The fourth-order valence-electron chi connectivity index (χ4n) is 2.64. The maximum atomic E-state index is 9.05. The minimum absolute atomic E-state index is 0.142. The lowest BCUT2D eigenvalue weighted by molar-refractivity contribution is 0.304. The summed E-state index contributed by atoms with van der Waals surface area (Å²) in [5, 5.41) is 15.7. The predicted molar refractivity (Wildman–Crippen MR) is 109 cm³/mol. The zero-order valence-electron chi connectivity index (χ0n) is 14.9. The Morgan fingerprint density at radius 1 is 0.769 bits per heavy atom. The van der Waals surface area contributed by atoms with Crippen LogP contribution in [0.4, 0.5) is 17.1 Å². The van der Waals surface area contributed by atoms with Crippen molar-refractivity contribution in [2.75, 3.05) is 30.1 Å². The molecule has 0 aliphatic rings. The molecule has 0 fully saturated rings. The molecule has 0 saturated carbocycles. The highest BCUT2D eigenvalue weighted by Gasteiger charge is 2.06. The second-order valence-electron chi connectivity index (χ2n) is 5.96. The molecule has 26 heavy (non-hydrogen) atoms. The van der Waals surface area contributed by atoms with Crippen LogP contribution in [0.2, 0.25) is 0 Å². The maximum Gasteiger partial charge on any atom is 0.0652 e. The lowest BCUT2D eigenvalue weighted by Gasteiger charge is -2.19. The molecule has 1 N–H and O–H groups in total. The van der Waals surface area contributed by atoms with Gasteiger partial charge < -0.3 is 10.0 Å². The largest absolute Gasteiger partial charge is 0.395 e. The van der Waals surface area contributed by atoms with Gasteiger partial charge in [0.2, 0.25) is 0 Å². The van der Waals surface area contributed by atoms with Crippen molar-refractivity contribution in [3.63, 3.8) is 0 Å². The second-order valence-corrected chi connectivity index (χ2v) is 5.96. The molecule has 4 heteroatoms. The van der Waals surface area contributed by atoms with Crippen LogP contribution in [0.25, 0.3) is 0 Å². The van der Waals surface area contributed by atoms with Gasteiger partial charge in [-0.15, -0.1) is 0 Å². The van der Waals surface area contributed by atoms with Gasteiger partial charge in [-0.05, 0) is 42.0 Å². The summed E-state index contributed by atoms with van der Waals surface area (Å²) >= 11 is 0. The van der Waals surface area contributed by atoms with Gasteiger partial charge in [-0.2, -0.15) is 5.10 Å². The molecule has 0 amide bonds. The van der Waals surface area contributed by atoms with Crippen molar-refractivity contribution in [1.82, 2.24) is 0 Å². The van der Waals surface area contributed by atoms with Gasteiger partial charge >= 0.3 is 0 Å². The summed E-state index contributed by atoms with van der Waals surface area (Å²) in [6.45, 7) is 0.756. The summed E-state index contributed by atoms with van der Waals surface area (Å²) in [7, 11) is 1.96. The highest BCUT2D eigenvalue weighted by atomic mass is 16.3. The molecule has 3 aromatic rings. The summed E-state index contributed by atoms with van der Waals surface area (Å²) in [6, 6.07) is 28.3. The summed E-state index contributed by atoms with van der Waals surface area (Å²) < 4.78 is 0. The molecular formula is C22H23N3O. The molecule has 0 aliphatic heterocycles. The monoisotopic (exact) mass is 345 g/mol. The van der Waals surface area contributed by atoms with Crippen LogP contribution >= 0.6 is 0 Å². The Kier molecular flexibility index (Phi) is 6.01. The SMILES string of the molecule is CN(CCO)c1ccc(/C=N\N(c2ccccc2)c2ccccc2)cc1. The molecular weight excluding hydrogens is 322 g/mol. The van der Waals surface area contributed by atoms with E-state index >= 15 is 0 Å². The van der Waals surface area contributed by atoms with E-state index in [-0.39, 0.29) is 6.61 Å². The highest BCUT2D eigenvalue weighted by molar-refractivity contribution is 5.82. The van der Waals surface area contributed by atoms with Crippen molar-refractivity contribution < 1.29 is 5.11 Å². The first-order valence-corrected chi connectivity index (χ1v) is 8.64. The molecule has 0 unspecified atom stereocenters. The predicted octanol–water partition coefficient (Wildman–Crippen LogP) is 4.29. The number of rotatable bonds is 7. The Morgan fingerprint density at radius 2 is 1.31 bits per heavy atom. The topological polar surface area (TPSA) is 39.1 Å². The Balaban J connectivity index is 1.83. The molecule has 0 saturated heterocycles. The quantitative estimate of drug-likeness (QED) is 0.513. The van der Waals surface area contributed by atoms with Gasteiger partial charge in [0, 0.05) is 19.3 Å². The van der Waals surface area contributed by atoms with E-state index in [9.17, 15) is 0 Å². The van der Waals surface area contributed by atoms with E-state index in [1.807, 2.05) is 108 Å². The number of para-hydroxylation sites is 2. The van der Waals surface area contributed by atoms with Gasteiger partial charge in [-0.25, -0.2) is 5.01 Å². The van der Waals surface area contributed by atoms with Crippen LogP contribution in [0, 0.1) is 0 Å². The number of hydrazone groups is 1. The smallest absolute Gasteiger partial charge is 0.0652 e. The van der Waals surface area contributed by atoms with Crippen molar-refractivity contribution >= 4 is 23.3 Å². The van der Waals surface area contributed by atoms with Crippen LogP contribution in [0.5, 0.6) is 0 Å². The van der Waals surface area contributed by atoms with Crippen molar-refractivity contribution in [3.8, 4) is 0 Å². The molecule has 3 rings (SSSR count). The Bertz CT molecular complexity index is 778. The Hall–Kier alpha value is -3.11. The molecule has 4 nitrogen and oxygen atoms in total. The lowest BCUT2D eigenvalue weighted by atomic mass is 10.2. The molecule has 0 aromatic heterocycles. The first-order chi connectivity index (χ1) is 12.8. The summed E-state index contributed by atoms with van der Waals surface area (Å²) in [5.74, 6) is 0. The number of benzene rings is 3. The van der Waals surface area contributed by atoms with Crippen molar-refractivity contribution in [2.45, 2.75) is 0 Å². The first-order valence-electron chi connectivity index (χ1n) is 8.64.